The Bertz CT molecular complexity index is 604. The van der Waals surface area contributed by atoms with Gasteiger partial charge in [0.25, 0.3) is 0 Å². The number of rotatable bonds is 5. The second-order valence-electron chi connectivity index (χ2n) is 6.18. The first-order valence-electron chi connectivity index (χ1n) is 8.65. The molecule has 146 valence electrons. The van der Waals surface area contributed by atoms with Crippen LogP contribution in [0, 0.1) is 69.6 Å². The maximum atomic E-state index is 12.3. The fraction of sp³-hybridized carbons (Fsp3) is 0.238. The summed E-state index contributed by atoms with van der Waals surface area (Å²) in [6.45, 7) is 5.20. The first-order chi connectivity index (χ1) is 13.1. The molecule has 2 heterocycles. The Kier molecular flexibility index (Phi) is 9.13. The summed E-state index contributed by atoms with van der Waals surface area (Å²) in [7, 11) is 0. The van der Waals surface area contributed by atoms with E-state index < -0.39 is 18.0 Å². The molecule has 0 aromatic heterocycles. The number of amides is 1. The van der Waals surface area contributed by atoms with Crippen molar-refractivity contribution in [1.29, 1.82) is 0 Å². The quantitative estimate of drug-likeness (QED) is 0.308. The third kappa shape index (κ3) is 4.86. The molecule has 2 aliphatic carbocycles. The van der Waals surface area contributed by atoms with Gasteiger partial charge in [-0.1, -0.05) is 12.7 Å². The monoisotopic (exact) mass is 439 g/mol. The molecule has 7 heteroatoms. The van der Waals surface area contributed by atoms with Crippen molar-refractivity contribution >= 4 is 23.6 Å². The number of aliphatic hydroxyl groups excluding tert-OH is 1. The van der Waals surface area contributed by atoms with Crippen molar-refractivity contribution in [3.8, 4) is 0 Å². The van der Waals surface area contributed by atoms with Gasteiger partial charge in [0.2, 0.25) is 5.91 Å². The minimum absolute atomic E-state index is 0. The summed E-state index contributed by atoms with van der Waals surface area (Å²) in [5, 5.41) is 9.52. The van der Waals surface area contributed by atoms with E-state index in [4.69, 9.17) is 4.74 Å². The molecule has 4 rings (SSSR count). The van der Waals surface area contributed by atoms with Gasteiger partial charge in [0.1, 0.15) is 17.7 Å². The zero-order valence-corrected chi connectivity index (χ0v) is 17.2. The van der Waals surface area contributed by atoms with Crippen LogP contribution in [0.15, 0.2) is 23.3 Å². The van der Waals surface area contributed by atoms with Crippen LogP contribution >= 0.6 is 11.8 Å². The van der Waals surface area contributed by atoms with Gasteiger partial charge in [-0.3, -0.25) is 9.69 Å². The molecule has 0 aromatic carbocycles. The Hall–Kier alpha value is -0.751. The molecular formula is C21H21FeNO4S+2. The average molecular weight is 439 g/mol. The SMILES string of the molecule is C=CCOC(=O)C1=C([C]2[CH][CH][CH][CH]2)S[C@@H]2[C@@H]([C@@H](C)O)C(=O)N12.[CH]1[CH][CH][CH][CH]1.[Fe+2]. The van der Waals surface area contributed by atoms with Crippen molar-refractivity contribution in [2.75, 3.05) is 6.61 Å². The van der Waals surface area contributed by atoms with Gasteiger partial charge in [-0.25, -0.2) is 4.79 Å². The minimum Gasteiger partial charge on any atom is -0.457 e. The number of hydrogen-bond acceptors (Lipinski definition) is 5. The van der Waals surface area contributed by atoms with Crippen LogP contribution in [0.5, 0.6) is 0 Å². The van der Waals surface area contributed by atoms with Crippen LogP contribution in [0.2, 0.25) is 0 Å². The number of carbonyl (C=O) groups excluding carboxylic acids is 2. The zero-order valence-electron chi connectivity index (χ0n) is 15.3. The molecule has 2 saturated carbocycles. The van der Waals surface area contributed by atoms with Crippen LogP contribution in [-0.2, 0) is 31.4 Å². The number of allylic oxidation sites excluding steroid dienone is 1. The second kappa shape index (κ2) is 10.9. The van der Waals surface area contributed by atoms with Gasteiger partial charge in [-0.15, -0.1) is 11.8 Å². The van der Waals surface area contributed by atoms with E-state index in [1.54, 1.807) is 6.92 Å². The van der Waals surface area contributed by atoms with Crippen molar-refractivity contribution < 1.29 is 36.5 Å². The van der Waals surface area contributed by atoms with Crippen LogP contribution < -0.4 is 0 Å². The minimum atomic E-state index is -0.745. The van der Waals surface area contributed by atoms with Crippen molar-refractivity contribution in [2.45, 2.75) is 18.4 Å². The molecule has 5 nitrogen and oxygen atoms in total. The van der Waals surface area contributed by atoms with E-state index in [9.17, 15) is 14.7 Å². The Morgan fingerprint density at radius 1 is 1.25 bits per heavy atom. The predicted molar refractivity (Wildman–Crippen MR) is 104 cm³/mol. The number of ether oxygens (including phenoxy) is 1. The number of esters is 1. The van der Waals surface area contributed by atoms with Gasteiger partial charge in [-0.2, -0.15) is 0 Å². The fourth-order valence-corrected chi connectivity index (χ4v) is 4.64. The number of thioether (sulfide) groups is 1. The summed E-state index contributed by atoms with van der Waals surface area (Å²) in [4.78, 5) is 26.8. The summed E-state index contributed by atoms with van der Waals surface area (Å²) in [6, 6.07) is 0. The smallest absolute Gasteiger partial charge is 0.457 e. The van der Waals surface area contributed by atoms with E-state index >= 15 is 0 Å². The Labute approximate surface area is 182 Å². The van der Waals surface area contributed by atoms with Crippen molar-refractivity contribution in [3.05, 3.63) is 87.0 Å². The predicted octanol–water partition coefficient (Wildman–Crippen LogP) is 2.26. The molecule has 0 spiro atoms. The van der Waals surface area contributed by atoms with Gasteiger partial charge in [0, 0.05) is 10.8 Å². The molecule has 4 aliphatic rings. The molecule has 1 saturated heterocycles. The average Bonchev–Trinajstić information content (AvgIpc) is 3.39. The van der Waals surface area contributed by atoms with E-state index in [0.717, 1.165) is 10.8 Å². The molecule has 3 atom stereocenters. The van der Waals surface area contributed by atoms with Gasteiger partial charge in [0.05, 0.1) is 12.0 Å². The molecule has 0 aromatic rings. The maximum absolute atomic E-state index is 12.3. The molecule has 0 unspecified atom stereocenters. The molecule has 10 radical (unpaired) electrons. The third-order valence-electron chi connectivity index (χ3n) is 4.30. The van der Waals surface area contributed by atoms with Crippen LogP contribution in [0.25, 0.3) is 0 Å². The maximum Gasteiger partial charge on any atom is 2.00 e. The molecule has 1 amide bonds. The molecule has 28 heavy (non-hydrogen) atoms. The topological polar surface area (TPSA) is 66.8 Å². The summed E-state index contributed by atoms with van der Waals surface area (Å²) < 4.78 is 5.12. The van der Waals surface area contributed by atoms with E-state index in [0.29, 0.717) is 0 Å². The molecule has 3 fully saturated rings. The first kappa shape index (κ1) is 23.5. The zero-order chi connectivity index (χ0) is 19.4. The van der Waals surface area contributed by atoms with Crippen LogP contribution in [0.4, 0.5) is 0 Å². The van der Waals surface area contributed by atoms with Crippen LogP contribution in [0.1, 0.15) is 6.92 Å². The summed E-state index contributed by atoms with van der Waals surface area (Å²) in [5.41, 5.74) is 0.268. The fourth-order valence-electron chi connectivity index (χ4n) is 3.03. The number of fused-ring (bicyclic) bond motifs is 1. The summed E-state index contributed by atoms with van der Waals surface area (Å²) in [5.74, 6) is -0.384. The van der Waals surface area contributed by atoms with Crippen LogP contribution in [0.3, 0.4) is 0 Å². The van der Waals surface area contributed by atoms with Gasteiger partial charge >= 0.3 is 23.0 Å². The standard InChI is InChI=1S/C16H16NO4S.C5H5.Fe/c1-3-8-21-16(20)12-13(10-6-4-5-7-10)22-15-11(9(2)18)14(19)17(12)15;1-2-4-5-3-1;/h3-7,9,11,15,18H,1,8H2,2H3;1-5H;/q;;+2/t9-,11+,15-;;/m1../s1. The van der Waals surface area contributed by atoms with Gasteiger partial charge in [0.15, 0.2) is 0 Å². The second-order valence-corrected chi connectivity index (χ2v) is 7.31. The number of nitrogens with zero attached hydrogens (tertiary/aromatic N) is 1. The normalized spacial score (nSPS) is 27.4. The molecule has 2 aliphatic heterocycles. The van der Waals surface area contributed by atoms with E-state index in [-0.39, 0.29) is 40.7 Å². The number of β-lactam (4-membered cyclic amide) rings is 1. The van der Waals surface area contributed by atoms with Crippen LogP contribution in [-0.4, -0.2) is 40.0 Å². The Balaban J connectivity index is 0.000000408. The third-order valence-corrected chi connectivity index (χ3v) is 5.71. The van der Waals surface area contributed by atoms with Gasteiger partial charge in [-0.05, 0) is 64.7 Å². The molecular weight excluding hydrogens is 418 g/mol. The number of hydrogen-bond donors (Lipinski definition) is 1. The van der Waals surface area contributed by atoms with Crippen molar-refractivity contribution in [3.63, 3.8) is 0 Å². The number of aliphatic hydroxyl groups is 1. The largest absolute Gasteiger partial charge is 2.00 e. The molecule has 0 bridgehead atoms. The Morgan fingerprint density at radius 3 is 2.32 bits per heavy atom. The summed E-state index contributed by atoms with van der Waals surface area (Å²) in [6.07, 6.45) is 18.3. The van der Waals surface area contributed by atoms with Crippen molar-refractivity contribution in [2.24, 2.45) is 5.92 Å². The first-order valence-corrected chi connectivity index (χ1v) is 9.53. The number of carbonyl (C=O) groups is 2. The van der Waals surface area contributed by atoms with E-state index in [1.165, 1.54) is 22.7 Å². The summed E-state index contributed by atoms with van der Waals surface area (Å²) >= 11 is 1.43. The molecule has 1 N–H and O–H groups in total. The van der Waals surface area contributed by atoms with Gasteiger partial charge < -0.3 is 9.84 Å². The Morgan fingerprint density at radius 2 is 1.82 bits per heavy atom. The van der Waals surface area contributed by atoms with Crippen molar-refractivity contribution in [1.82, 2.24) is 4.90 Å². The van der Waals surface area contributed by atoms with E-state index in [1.807, 2.05) is 57.8 Å². The van der Waals surface area contributed by atoms with E-state index in [2.05, 4.69) is 6.58 Å².